The predicted octanol–water partition coefficient (Wildman–Crippen LogP) is 6.57. The molecule has 2 N–H and O–H groups in total. The van der Waals surface area contributed by atoms with Crippen LogP contribution in [-0.4, -0.2) is 63.9 Å². The zero-order valence-electron chi connectivity index (χ0n) is 24.7. The van der Waals surface area contributed by atoms with Gasteiger partial charge in [-0.2, -0.15) is 0 Å². The lowest BCUT2D eigenvalue weighted by atomic mass is 10.0. The van der Waals surface area contributed by atoms with E-state index in [1.165, 1.54) is 25.7 Å². The molecule has 0 unspecified atom stereocenters. The number of carbonyl (C=O) groups excluding carboxylic acids is 2. The molecule has 5 rings (SSSR count). The maximum absolute atomic E-state index is 13.3. The summed E-state index contributed by atoms with van der Waals surface area (Å²) in [7, 11) is 0. The van der Waals surface area contributed by atoms with Crippen molar-refractivity contribution < 1.29 is 9.59 Å². The fourth-order valence-electron chi connectivity index (χ4n) is 6.09. The van der Waals surface area contributed by atoms with Crippen molar-refractivity contribution in [1.82, 2.24) is 14.8 Å². The van der Waals surface area contributed by atoms with Gasteiger partial charge in [0.05, 0.1) is 22.1 Å². The standard InChI is InChI=1S/C33H45N5O2/c1-32(2,37-17-9-5-6-10-18-37)30(39)34-26-15-13-24-21-25-14-16-27(23-29(25)36-28(24)22-26)35-31(40)33(3,4)38-19-11-7-8-12-20-38/h13-16,21-23H,5-12,17-20H2,1-4H3,(H,34,39)(H,35,40). The second kappa shape index (κ2) is 11.8. The molecule has 7 heteroatoms. The number of nitrogens with one attached hydrogen (secondary N) is 2. The van der Waals surface area contributed by atoms with E-state index in [-0.39, 0.29) is 11.8 Å². The molecule has 40 heavy (non-hydrogen) atoms. The summed E-state index contributed by atoms with van der Waals surface area (Å²) in [5, 5.41) is 8.32. The Hall–Kier alpha value is -3.03. The van der Waals surface area contributed by atoms with Crippen LogP contribution < -0.4 is 10.6 Å². The van der Waals surface area contributed by atoms with Gasteiger partial charge >= 0.3 is 0 Å². The maximum Gasteiger partial charge on any atom is 0.244 e. The second-order valence-electron chi connectivity index (χ2n) is 12.6. The molecule has 1 aromatic heterocycles. The van der Waals surface area contributed by atoms with E-state index in [2.05, 4.69) is 26.5 Å². The first-order valence-electron chi connectivity index (χ1n) is 15.1. The Kier molecular flexibility index (Phi) is 8.43. The molecule has 2 saturated heterocycles. The molecule has 0 spiro atoms. The molecule has 0 atom stereocenters. The number of pyridine rings is 1. The summed E-state index contributed by atoms with van der Waals surface area (Å²) in [6.45, 7) is 11.9. The predicted molar refractivity (Wildman–Crippen MR) is 165 cm³/mol. The molecule has 0 radical (unpaired) electrons. The van der Waals surface area contributed by atoms with E-state index in [0.717, 1.165) is 85.0 Å². The number of aromatic nitrogens is 1. The van der Waals surface area contributed by atoms with Crippen LogP contribution in [0.3, 0.4) is 0 Å². The Labute approximate surface area is 238 Å². The number of amides is 2. The fourth-order valence-corrected chi connectivity index (χ4v) is 6.09. The normalized spacial score (nSPS) is 18.3. The van der Waals surface area contributed by atoms with E-state index < -0.39 is 11.1 Å². The highest BCUT2D eigenvalue weighted by molar-refractivity contribution is 6.02. The average Bonchev–Trinajstić information content (AvgIpc) is 3.38. The molecule has 0 bridgehead atoms. The van der Waals surface area contributed by atoms with Crippen molar-refractivity contribution in [3.8, 4) is 0 Å². The topological polar surface area (TPSA) is 77.6 Å². The molecule has 2 fully saturated rings. The summed E-state index contributed by atoms with van der Waals surface area (Å²) in [5.74, 6) is 0.0122. The number of anilines is 2. The third-order valence-corrected chi connectivity index (χ3v) is 9.03. The van der Waals surface area contributed by atoms with Crippen LogP contribution in [0.15, 0.2) is 42.5 Å². The van der Waals surface area contributed by atoms with Gasteiger partial charge in [0.25, 0.3) is 0 Å². The van der Waals surface area contributed by atoms with Gasteiger partial charge in [0.1, 0.15) is 0 Å². The molecule has 214 valence electrons. The number of benzene rings is 2. The van der Waals surface area contributed by atoms with Crippen molar-refractivity contribution in [2.75, 3.05) is 36.8 Å². The molecule has 7 nitrogen and oxygen atoms in total. The lowest BCUT2D eigenvalue weighted by Gasteiger charge is -2.36. The van der Waals surface area contributed by atoms with Crippen LogP contribution in [0, 0.1) is 0 Å². The van der Waals surface area contributed by atoms with Gasteiger partial charge < -0.3 is 10.6 Å². The zero-order valence-corrected chi connectivity index (χ0v) is 24.7. The van der Waals surface area contributed by atoms with Crippen molar-refractivity contribution in [1.29, 1.82) is 0 Å². The lowest BCUT2D eigenvalue weighted by Crippen LogP contribution is -2.53. The molecule has 2 aliphatic rings. The van der Waals surface area contributed by atoms with Crippen molar-refractivity contribution >= 4 is 45.0 Å². The number of carbonyl (C=O) groups is 2. The highest BCUT2D eigenvalue weighted by Crippen LogP contribution is 2.28. The SMILES string of the molecule is CC(C)(C(=O)Nc1ccc2cc3ccc(NC(=O)C(C)(C)N4CCCCCC4)cc3nc2c1)N1CCCCCC1. The Bertz CT molecular complexity index is 1270. The molecular formula is C33H45N5O2. The van der Waals surface area contributed by atoms with E-state index in [1.54, 1.807) is 0 Å². The quantitative estimate of drug-likeness (QED) is 0.344. The Balaban J connectivity index is 1.33. The van der Waals surface area contributed by atoms with Crippen molar-refractivity contribution in [3.63, 3.8) is 0 Å². The zero-order chi connectivity index (χ0) is 28.3. The van der Waals surface area contributed by atoms with Crippen LogP contribution in [0.5, 0.6) is 0 Å². The van der Waals surface area contributed by atoms with Crippen molar-refractivity contribution in [2.45, 2.75) is 90.1 Å². The molecule has 2 aromatic carbocycles. The molecule has 0 aliphatic carbocycles. The maximum atomic E-state index is 13.3. The number of fused-ring (bicyclic) bond motifs is 2. The lowest BCUT2D eigenvalue weighted by molar-refractivity contribution is -0.127. The first-order chi connectivity index (χ1) is 19.1. The number of rotatable bonds is 6. The first kappa shape index (κ1) is 28.5. The second-order valence-corrected chi connectivity index (χ2v) is 12.6. The minimum Gasteiger partial charge on any atom is -0.324 e. The summed E-state index contributed by atoms with van der Waals surface area (Å²) in [4.78, 5) is 36.2. The number of hydrogen-bond acceptors (Lipinski definition) is 5. The third kappa shape index (κ3) is 6.16. The van der Waals surface area contributed by atoms with Crippen LogP contribution in [0.2, 0.25) is 0 Å². The summed E-state index contributed by atoms with van der Waals surface area (Å²) in [6, 6.07) is 13.9. The van der Waals surface area contributed by atoms with Crippen LogP contribution in [0.25, 0.3) is 21.8 Å². The molecule has 0 saturated carbocycles. The van der Waals surface area contributed by atoms with E-state index in [9.17, 15) is 9.59 Å². The van der Waals surface area contributed by atoms with E-state index in [1.807, 2.05) is 64.1 Å². The van der Waals surface area contributed by atoms with E-state index in [4.69, 9.17) is 4.98 Å². The smallest absolute Gasteiger partial charge is 0.244 e. The van der Waals surface area contributed by atoms with E-state index in [0.29, 0.717) is 0 Å². The third-order valence-electron chi connectivity index (χ3n) is 9.03. The van der Waals surface area contributed by atoms with Crippen LogP contribution >= 0.6 is 0 Å². The summed E-state index contributed by atoms with van der Waals surface area (Å²) in [5.41, 5.74) is 1.96. The molecule has 3 aromatic rings. The Morgan fingerprint density at radius 1 is 0.600 bits per heavy atom. The number of nitrogens with zero attached hydrogens (tertiary/aromatic N) is 3. The molecule has 2 amide bonds. The number of hydrogen-bond donors (Lipinski definition) is 2. The van der Waals surface area contributed by atoms with Gasteiger partial charge in [0, 0.05) is 22.1 Å². The monoisotopic (exact) mass is 543 g/mol. The molecule has 3 heterocycles. The fraction of sp³-hybridized carbons (Fsp3) is 0.545. The minimum atomic E-state index is -0.579. The van der Waals surface area contributed by atoms with Gasteiger partial charge in [-0.05, 0) is 110 Å². The summed E-state index contributed by atoms with van der Waals surface area (Å²) in [6.07, 6.45) is 9.51. The van der Waals surface area contributed by atoms with Gasteiger partial charge in [-0.25, -0.2) is 4.98 Å². The van der Waals surface area contributed by atoms with Crippen LogP contribution in [0.1, 0.15) is 79.1 Å². The van der Waals surface area contributed by atoms with Crippen LogP contribution in [-0.2, 0) is 9.59 Å². The van der Waals surface area contributed by atoms with Crippen LogP contribution in [0.4, 0.5) is 11.4 Å². The summed E-state index contributed by atoms with van der Waals surface area (Å²) >= 11 is 0. The minimum absolute atomic E-state index is 0.00608. The van der Waals surface area contributed by atoms with Gasteiger partial charge in [-0.3, -0.25) is 19.4 Å². The molecule has 2 aliphatic heterocycles. The highest BCUT2D eigenvalue weighted by Gasteiger charge is 2.35. The Morgan fingerprint density at radius 2 is 0.975 bits per heavy atom. The van der Waals surface area contributed by atoms with Crippen molar-refractivity contribution in [3.05, 3.63) is 42.5 Å². The van der Waals surface area contributed by atoms with E-state index >= 15 is 0 Å². The van der Waals surface area contributed by atoms with Gasteiger partial charge in [0.15, 0.2) is 0 Å². The highest BCUT2D eigenvalue weighted by atomic mass is 16.2. The van der Waals surface area contributed by atoms with Gasteiger partial charge in [-0.15, -0.1) is 0 Å². The Morgan fingerprint density at radius 3 is 1.35 bits per heavy atom. The summed E-state index contributed by atoms with van der Waals surface area (Å²) < 4.78 is 0. The van der Waals surface area contributed by atoms with Gasteiger partial charge in [-0.1, -0.05) is 37.8 Å². The largest absolute Gasteiger partial charge is 0.324 e. The first-order valence-corrected chi connectivity index (χ1v) is 15.1. The molecular weight excluding hydrogens is 498 g/mol. The average molecular weight is 544 g/mol. The van der Waals surface area contributed by atoms with Gasteiger partial charge in [0.2, 0.25) is 11.8 Å². The van der Waals surface area contributed by atoms with Crippen molar-refractivity contribution in [2.24, 2.45) is 0 Å². The number of likely N-dealkylation sites (tertiary alicyclic amines) is 2.